The van der Waals surface area contributed by atoms with Gasteiger partial charge in [-0.25, -0.2) is 0 Å². The number of likely N-dealkylation sites (tertiary alicyclic amines) is 1. The lowest BCUT2D eigenvalue weighted by Gasteiger charge is -2.20. The molecule has 138 valence electrons. The Morgan fingerprint density at radius 2 is 1.69 bits per heavy atom. The zero-order valence-electron chi connectivity index (χ0n) is 14.0. The highest BCUT2D eigenvalue weighted by atomic mass is 35.6. The first-order valence-electron chi connectivity index (χ1n) is 8.38. The lowest BCUT2D eigenvalue weighted by atomic mass is 10.1. The summed E-state index contributed by atoms with van der Waals surface area (Å²) in [5, 5.41) is 11.7. The van der Waals surface area contributed by atoms with Crippen molar-refractivity contribution in [3.63, 3.8) is 0 Å². The van der Waals surface area contributed by atoms with Gasteiger partial charge in [0.2, 0.25) is 5.78 Å². The number of hydrogen-bond acceptors (Lipinski definition) is 5. The second-order valence-corrected chi connectivity index (χ2v) is 8.35. The van der Waals surface area contributed by atoms with Crippen LogP contribution >= 0.6 is 34.8 Å². The van der Waals surface area contributed by atoms with Crippen LogP contribution in [0.25, 0.3) is 11.3 Å². The van der Waals surface area contributed by atoms with Crippen LogP contribution in [0.15, 0.2) is 36.5 Å². The third kappa shape index (κ3) is 4.55. The number of halogens is 3. The molecule has 1 saturated heterocycles. The molecular formula is C17H18Cl3N5O. The van der Waals surface area contributed by atoms with Crippen LogP contribution in [-0.4, -0.2) is 47.8 Å². The zero-order chi connectivity index (χ0) is 18.6. The third-order valence-electron chi connectivity index (χ3n) is 4.17. The SMILES string of the molecule is O=C(C(=CN1CCCCCC1)c1nnnn1-c1ccccc1)C(Cl)(Cl)Cl. The number of hydrogen-bond donors (Lipinski definition) is 0. The van der Waals surface area contributed by atoms with E-state index in [9.17, 15) is 4.79 Å². The molecule has 1 fully saturated rings. The molecule has 26 heavy (non-hydrogen) atoms. The van der Waals surface area contributed by atoms with E-state index in [0.29, 0.717) is 5.69 Å². The van der Waals surface area contributed by atoms with Crippen molar-refractivity contribution in [2.75, 3.05) is 13.1 Å². The zero-order valence-corrected chi connectivity index (χ0v) is 16.3. The van der Waals surface area contributed by atoms with Crippen molar-refractivity contribution in [3.05, 3.63) is 42.4 Å². The maximum atomic E-state index is 12.8. The van der Waals surface area contributed by atoms with Gasteiger partial charge in [-0.1, -0.05) is 65.8 Å². The van der Waals surface area contributed by atoms with Gasteiger partial charge in [0.1, 0.15) is 0 Å². The fourth-order valence-corrected chi connectivity index (χ4v) is 3.18. The number of carbonyl (C=O) groups excluding carboxylic acids is 1. The van der Waals surface area contributed by atoms with E-state index in [1.165, 1.54) is 17.5 Å². The molecule has 1 aromatic heterocycles. The first-order valence-corrected chi connectivity index (χ1v) is 9.52. The second-order valence-electron chi connectivity index (χ2n) is 6.07. The van der Waals surface area contributed by atoms with E-state index in [-0.39, 0.29) is 11.4 Å². The predicted octanol–water partition coefficient (Wildman–Crippen LogP) is 3.82. The highest BCUT2D eigenvalue weighted by Gasteiger charge is 2.36. The smallest absolute Gasteiger partial charge is 0.253 e. The molecule has 0 amide bonds. The normalized spacial score (nSPS) is 16.4. The van der Waals surface area contributed by atoms with E-state index in [0.717, 1.165) is 25.9 Å². The van der Waals surface area contributed by atoms with Gasteiger partial charge in [-0.2, -0.15) is 4.68 Å². The van der Waals surface area contributed by atoms with E-state index in [4.69, 9.17) is 34.8 Å². The fraction of sp³-hybridized carbons (Fsp3) is 0.412. The summed E-state index contributed by atoms with van der Waals surface area (Å²) in [5.41, 5.74) is 0.895. The molecule has 0 atom stereocenters. The number of tetrazole rings is 1. The Balaban J connectivity index is 2.05. The number of benzene rings is 1. The second kappa shape index (κ2) is 8.37. The molecule has 0 aliphatic carbocycles. The fourth-order valence-electron chi connectivity index (χ4n) is 2.88. The Morgan fingerprint density at radius 1 is 1.04 bits per heavy atom. The molecule has 0 spiro atoms. The summed E-state index contributed by atoms with van der Waals surface area (Å²) in [7, 11) is 0. The average molecular weight is 415 g/mol. The molecular weight excluding hydrogens is 397 g/mol. The van der Waals surface area contributed by atoms with Crippen molar-refractivity contribution in [2.45, 2.75) is 29.5 Å². The van der Waals surface area contributed by atoms with Gasteiger partial charge < -0.3 is 4.90 Å². The summed E-state index contributed by atoms with van der Waals surface area (Å²) < 4.78 is -0.622. The van der Waals surface area contributed by atoms with Gasteiger partial charge in [0, 0.05) is 19.3 Å². The minimum absolute atomic E-state index is 0.181. The van der Waals surface area contributed by atoms with E-state index in [1.807, 2.05) is 30.3 Å². The molecule has 2 heterocycles. The van der Waals surface area contributed by atoms with Crippen LogP contribution in [0.5, 0.6) is 0 Å². The van der Waals surface area contributed by atoms with Crippen LogP contribution in [0.1, 0.15) is 31.5 Å². The molecule has 1 aromatic carbocycles. The number of alkyl halides is 3. The predicted molar refractivity (Wildman–Crippen MR) is 102 cm³/mol. The molecule has 1 aliphatic heterocycles. The topological polar surface area (TPSA) is 63.9 Å². The van der Waals surface area contributed by atoms with Crippen molar-refractivity contribution >= 4 is 46.2 Å². The minimum Gasteiger partial charge on any atom is -0.377 e. The number of rotatable bonds is 4. The average Bonchev–Trinajstić information content (AvgIpc) is 2.96. The third-order valence-corrected chi connectivity index (χ3v) is 4.68. The van der Waals surface area contributed by atoms with Gasteiger partial charge in [-0.05, 0) is 35.4 Å². The summed E-state index contributed by atoms with van der Waals surface area (Å²) >= 11 is 17.7. The molecule has 2 aromatic rings. The monoisotopic (exact) mass is 413 g/mol. The lowest BCUT2D eigenvalue weighted by molar-refractivity contribution is -0.113. The Bertz CT molecular complexity index is 777. The van der Waals surface area contributed by atoms with Crippen LogP contribution in [0.4, 0.5) is 0 Å². The quantitative estimate of drug-likeness (QED) is 0.562. The Kier molecular flexibility index (Phi) is 6.16. The number of nitrogens with zero attached hydrogens (tertiary/aromatic N) is 5. The highest BCUT2D eigenvalue weighted by Crippen LogP contribution is 2.33. The number of allylic oxidation sites excluding steroid dienone is 1. The van der Waals surface area contributed by atoms with Crippen LogP contribution in [0, 0.1) is 0 Å². The van der Waals surface area contributed by atoms with Gasteiger partial charge in [-0.3, -0.25) is 4.79 Å². The number of aromatic nitrogens is 4. The van der Waals surface area contributed by atoms with Crippen LogP contribution in [0.2, 0.25) is 0 Å². The standard InChI is InChI=1S/C17H18Cl3N5O/c18-17(19,20)15(26)14(12-24-10-6-1-2-7-11-24)16-21-22-23-25(16)13-8-4-3-5-9-13/h3-5,8-9,12H,1-2,6-7,10-11H2. The molecule has 3 rings (SSSR count). The number of ketones is 1. The molecule has 0 unspecified atom stereocenters. The molecule has 0 radical (unpaired) electrons. The van der Waals surface area contributed by atoms with Crippen molar-refractivity contribution < 1.29 is 4.79 Å². The van der Waals surface area contributed by atoms with E-state index in [1.54, 1.807) is 6.20 Å². The highest BCUT2D eigenvalue weighted by molar-refractivity contribution is 6.79. The van der Waals surface area contributed by atoms with Gasteiger partial charge in [0.05, 0.1) is 11.3 Å². The molecule has 0 bridgehead atoms. The Hall–Kier alpha value is -1.63. The summed E-state index contributed by atoms with van der Waals surface area (Å²) in [6, 6.07) is 9.27. The van der Waals surface area contributed by atoms with Gasteiger partial charge in [0.25, 0.3) is 3.79 Å². The molecule has 0 saturated carbocycles. The van der Waals surface area contributed by atoms with Crippen molar-refractivity contribution in [2.24, 2.45) is 0 Å². The van der Waals surface area contributed by atoms with E-state index in [2.05, 4.69) is 20.4 Å². The Morgan fingerprint density at radius 3 is 2.31 bits per heavy atom. The molecule has 9 heteroatoms. The summed E-state index contributed by atoms with van der Waals surface area (Å²) in [6.45, 7) is 1.67. The van der Waals surface area contributed by atoms with Gasteiger partial charge in [-0.15, -0.1) is 5.10 Å². The van der Waals surface area contributed by atoms with Crippen molar-refractivity contribution in [1.29, 1.82) is 0 Å². The first-order chi connectivity index (χ1) is 12.5. The maximum Gasteiger partial charge on any atom is 0.253 e. The number of Topliss-reactive ketones (excluding diaryl/α,β-unsaturated/α-hetero) is 1. The van der Waals surface area contributed by atoms with Crippen molar-refractivity contribution in [1.82, 2.24) is 25.1 Å². The maximum absolute atomic E-state index is 12.8. The molecule has 6 nitrogen and oxygen atoms in total. The largest absolute Gasteiger partial charge is 0.377 e. The summed E-state index contributed by atoms with van der Waals surface area (Å²) in [6.07, 6.45) is 6.16. The van der Waals surface area contributed by atoms with E-state index >= 15 is 0 Å². The number of para-hydroxylation sites is 1. The minimum atomic E-state index is -2.09. The van der Waals surface area contributed by atoms with Crippen LogP contribution in [0.3, 0.4) is 0 Å². The summed E-state index contributed by atoms with van der Waals surface area (Å²) in [4.78, 5) is 14.9. The van der Waals surface area contributed by atoms with Gasteiger partial charge >= 0.3 is 0 Å². The first kappa shape index (κ1) is 19.1. The van der Waals surface area contributed by atoms with Crippen LogP contribution < -0.4 is 0 Å². The van der Waals surface area contributed by atoms with Crippen LogP contribution in [-0.2, 0) is 4.79 Å². The molecule has 0 N–H and O–H groups in total. The Labute approximate surface area is 166 Å². The van der Waals surface area contributed by atoms with Gasteiger partial charge in [0.15, 0.2) is 5.82 Å². The number of carbonyl (C=O) groups is 1. The summed E-state index contributed by atoms with van der Waals surface area (Å²) in [5.74, 6) is -0.407. The van der Waals surface area contributed by atoms with E-state index < -0.39 is 9.58 Å². The lowest BCUT2D eigenvalue weighted by Crippen LogP contribution is -2.26. The molecule has 1 aliphatic rings. The van der Waals surface area contributed by atoms with Crippen molar-refractivity contribution in [3.8, 4) is 5.69 Å².